The zero-order valence-corrected chi connectivity index (χ0v) is 7.93. The second-order valence-electron chi connectivity index (χ2n) is 2.65. The molecule has 14 heavy (non-hydrogen) atoms. The van der Waals surface area contributed by atoms with Crippen LogP contribution in [0.2, 0.25) is 0 Å². The van der Waals surface area contributed by atoms with E-state index < -0.39 is 6.43 Å². The van der Waals surface area contributed by atoms with Crippen LogP contribution in [0.15, 0.2) is 12.3 Å². The Hall–Kier alpha value is -1.21. The summed E-state index contributed by atoms with van der Waals surface area (Å²) in [6.45, 7) is 0. The number of rotatable bonds is 3. The van der Waals surface area contributed by atoms with Crippen LogP contribution in [-0.2, 0) is 12.3 Å². The van der Waals surface area contributed by atoms with Crippen molar-refractivity contribution in [1.82, 2.24) is 4.98 Å². The third-order valence-corrected chi connectivity index (χ3v) is 1.96. The van der Waals surface area contributed by atoms with Gasteiger partial charge in [0.1, 0.15) is 0 Å². The number of hydrogen-bond acceptors (Lipinski definition) is 2. The Bertz CT molecular complexity index is 360. The van der Waals surface area contributed by atoms with E-state index in [9.17, 15) is 8.78 Å². The highest BCUT2D eigenvalue weighted by molar-refractivity contribution is 6.17. The number of nitrogens with zero attached hydrogens (tertiary/aromatic N) is 2. The zero-order chi connectivity index (χ0) is 10.6. The molecular weight excluding hydrogens is 210 g/mol. The summed E-state index contributed by atoms with van der Waals surface area (Å²) < 4.78 is 24.9. The number of nitriles is 1. The van der Waals surface area contributed by atoms with Crippen LogP contribution < -0.4 is 0 Å². The smallest absolute Gasteiger partial charge is 0.259 e. The molecule has 0 spiro atoms. The van der Waals surface area contributed by atoms with Crippen LogP contribution in [0.3, 0.4) is 0 Å². The van der Waals surface area contributed by atoms with Gasteiger partial charge in [-0.3, -0.25) is 4.98 Å². The first-order chi connectivity index (χ1) is 6.69. The van der Waals surface area contributed by atoms with Crippen molar-refractivity contribution < 1.29 is 8.78 Å². The maximum atomic E-state index is 12.5. The summed E-state index contributed by atoms with van der Waals surface area (Å²) in [5, 5.41) is 8.38. The van der Waals surface area contributed by atoms with Gasteiger partial charge >= 0.3 is 0 Å². The monoisotopic (exact) mass is 216 g/mol. The number of pyridine rings is 1. The molecule has 0 fully saturated rings. The van der Waals surface area contributed by atoms with Crippen molar-refractivity contribution >= 4 is 11.6 Å². The summed E-state index contributed by atoms with van der Waals surface area (Å²) in [6, 6.07) is 3.15. The highest BCUT2D eigenvalue weighted by Gasteiger charge is 2.14. The van der Waals surface area contributed by atoms with Gasteiger partial charge in [0.25, 0.3) is 6.43 Å². The van der Waals surface area contributed by atoms with Crippen molar-refractivity contribution in [1.29, 1.82) is 5.26 Å². The maximum Gasteiger partial charge on any atom is 0.265 e. The summed E-state index contributed by atoms with van der Waals surface area (Å²) in [5.41, 5.74) is 0.466. The van der Waals surface area contributed by atoms with E-state index in [-0.39, 0.29) is 23.6 Å². The first-order valence-electron chi connectivity index (χ1n) is 3.87. The second-order valence-corrected chi connectivity index (χ2v) is 2.92. The predicted octanol–water partition coefficient (Wildman–Crippen LogP) is 2.82. The van der Waals surface area contributed by atoms with Crippen molar-refractivity contribution in [2.75, 3.05) is 0 Å². The molecule has 0 radical (unpaired) electrons. The Morgan fingerprint density at radius 2 is 2.29 bits per heavy atom. The molecule has 74 valence electrons. The quantitative estimate of drug-likeness (QED) is 0.729. The molecule has 1 aromatic rings. The SMILES string of the molecule is N#CCc1cnc(CCl)c(C(F)F)c1. The normalized spacial score (nSPS) is 10.2. The molecule has 5 heteroatoms. The number of alkyl halides is 3. The number of aromatic nitrogens is 1. The molecule has 0 aliphatic heterocycles. The van der Waals surface area contributed by atoms with Gasteiger partial charge < -0.3 is 0 Å². The fourth-order valence-electron chi connectivity index (χ4n) is 1.04. The van der Waals surface area contributed by atoms with E-state index in [2.05, 4.69) is 4.98 Å². The molecular formula is C9H7ClF2N2. The Labute approximate surface area is 85.1 Å². The average molecular weight is 217 g/mol. The molecule has 2 nitrogen and oxygen atoms in total. The van der Waals surface area contributed by atoms with Gasteiger partial charge in [0.05, 0.1) is 24.1 Å². The molecule has 0 unspecified atom stereocenters. The molecule has 1 rings (SSSR count). The van der Waals surface area contributed by atoms with E-state index in [1.165, 1.54) is 12.3 Å². The van der Waals surface area contributed by atoms with Crippen LogP contribution in [0.25, 0.3) is 0 Å². The molecule has 0 saturated carbocycles. The summed E-state index contributed by atoms with van der Waals surface area (Å²) in [5.74, 6) is -0.0491. The topological polar surface area (TPSA) is 36.7 Å². The van der Waals surface area contributed by atoms with Gasteiger partial charge in [-0.2, -0.15) is 5.26 Å². The van der Waals surface area contributed by atoms with Gasteiger partial charge in [0, 0.05) is 11.8 Å². The molecule has 0 bridgehead atoms. The summed E-state index contributed by atoms with van der Waals surface area (Å²) in [4.78, 5) is 3.77. The lowest BCUT2D eigenvalue weighted by Gasteiger charge is -2.06. The van der Waals surface area contributed by atoms with Gasteiger partial charge in [-0.25, -0.2) is 8.78 Å². The molecule has 0 saturated heterocycles. The van der Waals surface area contributed by atoms with E-state index in [0.29, 0.717) is 5.56 Å². The van der Waals surface area contributed by atoms with E-state index >= 15 is 0 Å². The van der Waals surface area contributed by atoms with Crippen LogP contribution in [0, 0.1) is 11.3 Å². The van der Waals surface area contributed by atoms with Crippen molar-refractivity contribution in [2.24, 2.45) is 0 Å². The predicted molar refractivity (Wildman–Crippen MR) is 48.1 cm³/mol. The lowest BCUT2D eigenvalue weighted by atomic mass is 10.1. The Morgan fingerprint density at radius 3 is 2.79 bits per heavy atom. The Morgan fingerprint density at radius 1 is 1.57 bits per heavy atom. The Kier molecular flexibility index (Phi) is 3.78. The van der Waals surface area contributed by atoms with Gasteiger partial charge in [-0.1, -0.05) is 0 Å². The first kappa shape index (κ1) is 10.9. The third kappa shape index (κ3) is 2.39. The fourth-order valence-corrected chi connectivity index (χ4v) is 1.27. The minimum Gasteiger partial charge on any atom is -0.259 e. The molecule has 1 aromatic heterocycles. The Balaban J connectivity index is 3.09. The molecule has 0 atom stereocenters. The minimum absolute atomic E-state index is 0.0491. The van der Waals surface area contributed by atoms with Crippen molar-refractivity contribution in [3.63, 3.8) is 0 Å². The van der Waals surface area contributed by atoms with Crippen molar-refractivity contribution in [3.05, 3.63) is 29.1 Å². The second kappa shape index (κ2) is 4.87. The van der Waals surface area contributed by atoms with Crippen molar-refractivity contribution in [2.45, 2.75) is 18.7 Å². The van der Waals surface area contributed by atoms with E-state index in [1.807, 2.05) is 6.07 Å². The first-order valence-corrected chi connectivity index (χ1v) is 4.41. The lowest BCUT2D eigenvalue weighted by Crippen LogP contribution is -1.98. The molecule has 0 aliphatic carbocycles. The highest BCUT2D eigenvalue weighted by atomic mass is 35.5. The van der Waals surface area contributed by atoms with E-state index in [1.54, 1.807) is 0 Å². The van der Waals surface area contributed by atoms with Crippen LogP contribution in [0.1, 0.15) is 23.2 Å². The van der Waals surface area contributed by atoms with Crippen molar-refractivity contribution in [3.8, 4) is 6.07 Å². The van der Waals surface area contributed by atoms with E-state index in [0.717, 1.165) is 0 Å². The molecule has 0 aromatic carbocycles. The summed E-state index contributed by atoms with van der Waals surface area (Å²) in [7, 11) is 0. The molecule has 0 amide bonds. The van der Waals surface area contributed by atoms with Gasteiger partial charge in [-0.05, 0) is 11.6 Å². The van der Waals surface area contributed by atoms with Gasteiger partial charge in [0.2, 0.25) is 0 Å². The van der Waals surface area contributed by atoms with Gasteiger partial charge in [-0.15, -0.1) is 11.6 Å². The molecule has 0 aliphatic rings. The average Bonchev–Trinajstić information content (AvgIpc) is 2.18. The molecule has 0 N–H and O–H groups in total. The van der Waals surface area contributed by atoms with Crippen LogP contribution in [0.4, 0.5) is 8.78 Å². The summed E-state index contributed by atoms with van der Waals surface area (Å²) >= 11 is 5.44. The fraction of sp³-hybridized carbons (Fsp3) is 0.333. The van der Waals surface area contributed by atoms with E-state index in [4.69, 9.17) is 16.9 Å². The standard InChI is InChI=1S/C9H7ClF2N2/c10-4-8-7(9(11)12)3-6(1-2-13)5-14-8/h3,5,9H,1,4H2. The zero-order valence-electron chi connectivity index (χ0n) is 7.17. The third-order valence-electron chi connectivity index (χ3n) is 1.71. The van der Waals surface area contributed by atoms with Gasteiger partial charge in [0.15, 0.2) is 0 Å². The number of hydrogen-bond donors (Lipinski definition) is 0. The minimum atomic E-state index is -2.60. The number of halogens is 3. The van der Waals surface area contributed by atoms with Crippen LogP contribution >= 0.6 is 11.6 Å². The highest BCUT2D eigenvalue weighted by Crippen LogP contribution is 2.23. The molecule has 1 heterocycles. The largest absolute Gasteiger partial charge is 0.265 e. The van der Waals surface area contributed by atoms with Crippen LogP contribution in [0.5, 0.6) is 0 Å². The summed E-state index contributed by atoms with van der Waals surface area (Å²) in [6.07, 6.45) is -1.13. The van der Waals surface area contributed by atoms with Crippen LogP contribution in [-0.4, -0.2) is 4.98 Å². The maximum absolute atomic E-state index is 12.5. The lowest BCUT2D eigenvalue weighted by molar-refractivity contribution is 0.150.